The van der Waals surface area contributed by atoms with Crippen LogP contribution in [0, 0.1) is 0 Å². The maximum Gasteiger partial charge on any atom is 0.0656 e. The fourth-order valence-electron chi connectivity index (χ4n) is 1.25. The predicted molar refractivity (Wildman–Crippen MR) is 60.6 cm³/mol. The Morgan fingerprint density at radius 2 is 1.79 bits per heavy atom. The molecule has 0 aliphatic carbocycles. The molecule has 0 atom stereocenters. The Labute approximate surface area is 86.0 Å². The highest BCUT2D eigenvalue weighted by Crippen LogP contribution is 2.15. The monoisotopic (exact) mass is 193 g/mol. The van der Waals surface area contributed by atoms with Gasteiger partial charge in [-0.2, -0.15) is 0 Å². The van der Waals surface area contributed by atoms with Crippen molar-refractivity contribution >= 4 is 5.69 Å². The number of benzene rings is 1. The van der Waals surface area contributed by atoms with Crippen LogP contribution in [0.4, 0.5) is 5.69 Å². The molecular formula is C12H19NO. The molecule has 0 aromatic heterocycles. The first-order valence-corrected chi connectivity index (χ1v) is 5.05. The lowest BCUT2D eigenvalue weighted by molar-refractivity contribution is 0.234. The Bertz CT molecular complexity index is 277. The highest BCUT2D eigenvalue weighted by molar-refractivity contribution is 5.46. The molecule has 2 nitrogen and oxygen atoms in total. The topological polar surface area (TPSA) is 32.3 Å². The Hall–Kier alpha value is -1.02. The van der Waals surface area contributed by atoms with Gasteiger partial charge in [-0.3, -0.25) is 0 Å². The number of aryl methyl sites for hydroxylation is 1. The molecule has 2 N–H and O–H groups in total. The van der Waals surface area contributed by atoms with Crippen LogP contribution in [0.15, 0.2) is 24.3 Å². The second-order valence-corrected chi connectivity index (χ2v) is 4.22. The van der Waals surface area contributed by atoms with E-state index in [0.29, 0.717) is 0 Å². The van der Waals surface area contributed by atoms with Crippen molar-refractivity contribution in [2.24, 2.45) is 0 Å². The number of anilines is 1. The van der Waals surface area contributed by atoms with Crippen LogP contribution in [-0.4, -0.2) is 17.3 Å². The second-order valence-electron chi connectivity index (χ2n) is 4.22. The van der Waals surface area contributed by atoms with Gasteiger partial charge in [0.05, 0.1) is 12.1 Å². The van der Waals surface area contributed by atoms with E-state index in [1.807, 2.05) is 13.8 Å². The Balaban J connectivity index is 2.69. The molecule has 0 aliphatic heterocycles. The zero-order chi connectivity index (χ0) is 10.6. The van der Waals surface area contributed by atoms with Crippen LogP contribution in [0.5, 0.6) is 0 Å². The smallest absolute Gasteiger partial charge is 0.0656 e. The van der Waals surface area contributed by atoms with E-state index in [1.54, 1.807) is 0 Å². The van der Waals surface area contributed by atoms with Crippen molar-refractivity contribution in [1.29, 1.82) is 0 Å². The maximum absolute atomic E-state index is 9.09. The van der Waals surface area contributed by atoms with E-state index in [2.05, 4.69) is 36.5 Å². The Kier molecular flexibility index (Phi) is 3.53. The summed E-state index contributed by atoms with van der Waals surface area (Å²) in [7, 11) is 0. The first-order chi connectivity index (χ1) is 6.57. The van der Waals surface area contributed by atoms with E-state index < -0.39 is 0 Å². The van der Waals surface area contributed by atoms with Crippen LogP contribution >= 0.6 is 0 Å². The van der Waals surface area contributed by atoms with Gasteiger partial charge in [-0.05, 0) is 38.0 Å². The minimum atomic E-state index is -0.256. The summed E-state index contributed by atoms with van der Waals surface area (Å²) >= 11 is 0. The van der Waals surface area contributed by atoms with Gasteiger partial charge in [0, 0.05) is 5.69 Å². The first kappa shape index (κ1) is 11.1. The zero-order valence-corrected chi connectivity index (χ0v) is 9.17. The Morgan fingerprint density at radius 1 is 1.21 bits per heavy atom. The standard InChI is InChI=1S/C12H19NO/c1-4-10-5-7-11(8-6-10)13-12(2,3)9-14/h5-8,13-14H,4,9H2,1-3H3. The fraction of sp³-hybridized carbons (Fsp3) is 0.500. The molecule has 2 heteroatoms. The zero-order valence-electron chi connectivity index (χ0n) is 9.17. The van der Waals surface area contributed by atoms with E-state index >= 15 is 0 Å². The van der Waals surface area contributed by atoms with E-state index in [1.165, 1.54) is 5.56 Å². The minimum absolute atomic E-state index is 0.128. The quantitative estimate of drug-likeness (QED) is 0.769. The third-order valence-corrected chi connectivity index (χ3v) is 2.24. The summed E-state index contributed by atoms with van der Waals surface area (Å²) < 4.78 is 0. The van der Waals surface area contributed by atoms with Crippen LogP contribution in [0.1, 0.15) is 26.3 Å². The molecule has 1 aromatic rings. The number of aliphatic hydroxyl groups excluding tert-OH is 1. The molecule has 1 rings (SSSR count). The van der Waals surface area contributed by atoms with Gasteiger partial charge in [-0.25, -0.2) is 0 Å². The van der Waals surface area contributed by atoms with Crippen molar-refractivity contribution < 1.29 is 5.11 Å². The van der Waals surface area contributed by atoms with Gasteiger partial charge < -0.3 is 10.4 Å². The van der Waals surface area contributed by atoms with Crippen molar-refractivity contribution in [2.45, 2.75) is 32.7 Å². The van der Waals surface area contributed by atoms with Gasteiger partial charge in [0.1, 0.15) is 0 Å². The average Bonchev–Trinajstić information content (AvgIpc) is 2.19. The van der Waals surface area contributed by atoms with Gasteiger partial charge in [-0.1, -0.05) is 19.1 Å². The summed E-state index contributed by atoms with van der Waals surface area (Å²) in [5.74, 6) is 0. The van der Waals surface area contributed by atoms with Crippen molar-refractivity contribution in [2.75, 3.05) is 11.9 Å². The molecule has 0 unspecified atom stereocenters. The molecule has 0 aliphatic rings. The molecule has 0 amide bonds. The van der Waals surface area contributed by atoms with Crippen LogP contribution in [-0.2, 0) is 6.42 Å². The summed E-state index contributed by atoms with van der Waals surface area (Å²) in [6.07, 6.45) is 1.06. The third kappa shape index (κ3) is 3.04. The van der Waals surface area contributed by atoms with Gasteiger partial charge in [0.25, 0.3) is 0 Å². The lowest BCUT2D eigenvalue weighted by Crippen LogP contribution is -2.34. The molecule has 1 aromatic carbocycles. The van der Waals surface area contributed by atoms with Crippen molar-refractivity contribution in [3.05, 3.63) is 29.8 Å². The Morgan fingerprint density at radius 3 is 2.21 bits per heavy atom. The number of nitrogens with one attached hydrogen (secondary N) is 1. The van der Waals surface area contributed by atoms with E-state index in [9.17, 15) is 0 Å². The van der Waals surface area contributed by atoms with Gasteiger partial charge in [0.15, 0.2) is 0 Å². The van der Waals surface area contributed by atoms with Crippen LogP contribution in [0.25, 0.3) is 0 Å². The number of hydrogen-bond donors (Lipinski definition) is 2. The predicted octanol–water partition coefficient (Wildman–Crippen LogP) is 2.43. The van der Waals surface area contributed by atoms with Crippen LogP contribution in [0.3, 0.4) is 0 Å². The summed E-state index contributed by atoms with van der Waals surface area (Å²) in [6.45, 7) is 6.21. The summed E-state index contributed by atoms with van der Waals surface area (Å²) in [6, 6.07) is 8.32. The molecule has 0 saturated heterocycles. The number of hydrogen-bond acceptors (Lipinski definition) is 2. The summed E-state index contributed by atoms with van der Waals surface area (Å²) in [5.41, 5.74) is 2.13. The van der Waals surface area contributed by atoms with Gasteiger partial charge in [0.2, 0.25) is 0 Å². The van der Waals surface area contributed by atoms with E-state index in [-0.39, 0.29) is 12.1 Å². The van der Waals surface area contributed by atoms with Crippen molar-refractivity contribution in [3.63, 3.8) is 0 Å². The lowest BCUT2D eigenvalue weighted by Gasteiger charge is -2.24. The molecule has 14 heavy (non-hydrogen) atoms. The number of aliphatic hydroxyl groups is 1. The molecule has 0 heterocycles. The van der Waals surface area contributed by atoms with Gasteiger partial charge in [-0.15, -0.1) is 0 Å². The van der Waals surface area contributed by atoms with E-state index in [4.69, 9.17) is 5.11 Å². The van der Waals surface area contributed by atoms with E-state index in [0.717, 1.165) is 12.1 Å². The van der Waals surface area contributed by atoms with Crippen LogP contribution < -0.4 is 5.32 Å². The van der Waals surface area contributed by atoms with Gasteiger partial charge >= 0.3 is 0 Å². The highest BCUT2D eigenvalue weighted by atomic mass is 16.3. The molecule has 0 spiro atoms. The average molecular weight is 193 g/mol. The normalized spacial score (nSPS) is 11.4. The van der Waals surface area contributed by atoms with Crippen molar-refractivity contribution in [3.8, 4) is 0 Å². The molecule has 0 fully saturated rings. The fourth-order valence-corrected chi connectivity index (χ4v) is 1.25. The number of rotatable bonds is 4. The largest absolute Gasteiger partial charge is 0.394 e. The van der Waals surface area contributed by atoms with Crippen molar-refractivity contribution in [1.82, 2.24) is 0 Å². The molecule has 0 saturated carbocycles. The minimum Gasteiger partial charge on any atom is -0.394 e. The third-order valence-electron chi connectivity index (χ3n) is 2.24. The molecular weight excluding hydrogens is 174 g/mol. The maximum atomic E-state index is 9.09. The SMILES string of the molecule is CCc1ccc(NC(C)(C)CO)cc1. The molecule has 78 valence electrons. The lowest BCUT2D eigenvalue weighted by atomic mass is 10.1. The van der Waals surface area contributed by atoms with Crippen LogP contribution in [0.2, 0.25) is 0 Å². The summed E-state index contributed by atoms with van der Waals surface area (Å²) in [5, 5.41) is 12.4. The molecule has 0 radical (unpaired) electrons. The first-order valence-electron chi connectivity index (χ1n) is 5.05. The summed E-state index contributed by atoms with van der Waals surface area (Å²) in [4.78, 5) is 0. The molecule has 0 bridgehead atoms. The second kappa shape index (κ2) is 4.47. The highest BCUT2D eigenvalue weighted by Gasteiger charge is 2.14.